The smallest absolute Gasteiger partial charge is 0.161 e. The van der Waals surface area contributed by atoms with Crippen LogP contribution in [-0.2, 0) is 19.1 Å². The molecule has 0 spiro atoms. The third-order valence-corrected chi connectivity index (χ3v) is 5.64. The third kappa shape index (κ3) is 22.0. The minimum atomic E-state index is 0.0424. The van der Waals surface area contributed by atoms with Crippen LogP contribution in [0.15, 0.2) is 30.4 Å². The topological polar surface area (TPSA) is 114 Å². The molecular weight excluding hydrogens is 500 g/mol. The molecule has 9 nitrogen and oxygen atoms in total. The molecule has 2 heterocycles. The van der Waals surface area contributed by atoms with E-state index in [-0.39, 0.29) is 6.10 Å². The zero-order valence-corrected chi connectivity index (χ0v) is 24.7. The molecule has 1 fully saturated rings. The number of fused-ring (bicyclic) bond motifs is 1. The van der Waals surface area contributed by atoms with Gasteiger partial charge in [0.2, 0.25) is 0 Å². The van der Waals surface area contributed by atoms with E-state index in [1.165, 1.54) is 51.6 Å². The molecule has 1 aromatic rings. The molecule has 39 heavy (non-hydrogen) atoms. The lowest BCUT2D eigenvalue weighted by Crippen LogP contribution is -2.19. The Hall–Kier alpha value is -2.59. The van der Waals surface area contributed by atoms with E-state index in [0.29, 0.717) is 25.8 Å². The summed E-state index contributed by atoms with van der Waals surface area (Å²) in [5, 5.41) is 10.1. The first-order valence-electron chi connectivity index (χ1n) is 13.8. The number of likely N-dealkylation sites (N-methyl/N-ethyl adjacent to an activating group) is 1. The van der Waals surface area contributed by atoms with E-state index in [0.717, 1.165) is 62.0 Å². The fraction of sp³-hybridized carbons (Fsp3) is 0.633. The molecule has 0 aromatic heterocycles. The summed E-state index contributed by atoms with van der Waals surface area (Å²) >= 11 is 0. The van der Waals surface area contributed by atoms with Crippen LogP contribution in [0.4, 0.5) is 0 Å². The number of hydrogen-bond donors (Lipinski definition) is 2. The van der Waals surface area contributed by atoms with Crippen molar-refractivity contribution in [2.75, 3.05) is 61.2 Å². The maximum absolute atomic E-state index is 9.84. The van der Waals surface area contributed by atoms with Gasteiger partial charge in [-0.15, -0.1) is 0 Å². The Morgan fingerprint density at radius 2 is 1.56 bits per heavy atom. The standard InChI is InChI=1S/C12H17NO3.C8H16O.C5H11N.C4H4O2.CH4O/c1-13-8-12(14-2)9-3-4-10-11(7-9)16-6-5-15-10;1-2-3-4-5-6-7-8-9;1-6-4-2-3-5-6;5-3-1-2-4-6;1-2/h3-4,7,12-13H,5-6,8H2,1-2H3;8H,2-7H2,1H3;2-5H2,1H3;1-4H;2H,1H3/b;;;2-1+;. The second kappa shape index (κ2) is 30.0. The lowest BCUT2D eigenvalue weighted by atomic mass is 10.1. The number of ether oxygens (including phenoxy) is 3. The molecule has 1 atom stereocenters. The minimum absolute atomic E-state index is 0.0424. The van der Waals surface area contributed by atoms with Crippen molar-refractivity contribution in [2.24, 2.45) is 0 Å². The van der Waals surface area contributed by atoms with Gasteiger partial charge in [0.25, 0.3) is 0 Å². The predicted molar refractivity (Wildman–Crippen MR) is 157 cm³/mol. The Morgan fingerprint density at radius 1 is 0.974 bits per heavy atom. The van der Waals surface area contributed by atoms with Gasteiger partial charge in [-0.2, -0.15) is 0 Å². The molecule has 1 unspecified atom stereocenters. The molecule has 0 amide bonds. The van der Waals surface area contributed by atoms with Crippen molar-refractivity contribution in [3.8, 4) is 11.5 Å². The zero-order valence-electron chi connectivity index (χ0n) is 24.7. The highest BCUT2D eigenvalue weighted by Gasteiger charge is 2.16. The maximum Gasteiger partial charge on any atom is 0.161 e. The molecule has 0 aliphatic carbocycles. The average molecular weight is 553 g/mol. The van der Waals surface area contributed by atoms with Gasteiger partial charge in [0.1, 0.15) is 32.1 Å². The second-order valence-electron chi connectivity index (χ2n) is 8.72. The highest BCUT2D eigenvalue weighted by Crippen LogP contribution is 2.33. The van der Waals surface area contributed by atoms with E-state index in [9.17, 15) is 14.4 Å². The second-order valence-corrected chi connectivity index (χ2v) is 8.72. The summed E-state index contributed by atoms with van der Waals surface area (Å²) in [6, 6.07) is 5.94. The van der Waals surface area contributed by atoms with Crippen LogP contribution >= 0.6 is 0 Å². The molecule has 0 bridgehead atoms. The van der Waals surface area contributed by atoms with E-state index in [1.807, 2.05) is 25.2 Å². The molecule has 224 valence electrons. The molecule has 1 aromatic carbocycles. The first-order chi connectivity index (χ1) is 19.1. The highest BCUT2D eigenvalue weighted by molar-refractivity contribution is 5.75. The quantitative estimate of drug-likeness (QED) is 0.224. The molecule has 0 radical (unpaired) electrons. The first kappa shape index (κ1) is 38.6. The van der Waals surface area contributed by atoms with Crippen LogP contribution in [0.3, 0.4) is 0 Å². The van der Waals surface area contributed by atoms with Crippen molar-refractivity contribution >= 4 is 18.9 Å². The van der Waals surface area contributed by atoms with Crippen LogP contribution in [-0.4, -0.2) is 90.0 Å². The first-order valence-corrected chi connectivity index (χ1v) is 13.8. The summed E-state index contributed by atoms with van der Waals surface area (Å²) in [6.45, 7) is 6.84. The van der Waals surface area contributed by atoms with Crippen molar-refractivity contribution in [1.82, 2.24) is 10.2 Å². The predicted octanol–water partition coefficient (Wildman–Crippen LogP) is 4.17. The highest BCUT2D eigenvalue weighted by atomic mass is 16.6. The summed E-state index contributed by atoms with van der Waals surface area (Å²) in [4.78, 5) is 30.8. The van der Waals surface area contributed by atoms with Gasteiger partial charge in [-0.1, -0.05) is 38.7 Å². The number of hydrogen-bond acceptors (Lipinski definition) is 9. The summed E-state index contributed by atoms with van der Waals surface area (Å²) in [6.07, 6.45) is 14.2. The molecule has 1 saturated heterocycles. The SMILES string of the molecule is CCCCCCCC=O.CN1CCCC1.CNCC(OC)c1ccc2c(c1)OCCO2.CO.O=C/C=C/C=O. The number of unbranched alkanes of at least 4 members (excludes halogenated alkanes) is 5. The number of benzene rings is 1. The lowest BCUT2D eigenvalue weighted by Gasteiger charge is -2.21. The van der Waals surface area contributed by atoms with Crippen LogP contribution < -0.4 is 14.8 Å². The third-order valence-electron chi connectivity index (χ3n) is 5.64. The van der Waals surface area contributed by atoms with E-state index in [4.69, 9.17) is 19.3 Å². The zero-order chi connectivity index (χ0) is 29.6. The van der Waals surface area contributed by atoms with Crippen LogP contribution in [0.5, 0.6) is 11.5 Å². The van der Waals surface area contributed by atoms with Gasteiger partial charge < -0.3 is 34.3 Å². The fourth-order valence-electron chi connectivity index (χ4n) is 3.58. The van der Waals surface area contributed by atoms with Crippen molar-refractivity contribution in [2.45, 2.75) is 64.4 Å². The monoisotopic (exact) mass is 552 g/mol. The van der Waals surface area contributed by atoms with Crippen molar-refractivity contribution < 1.29 is 33.7 Å². The number of aldehydes is 3. The summed E-state index contributed by atoms with van der Waals surface area (Å²) < 4.78 is 16.4. The Kier molecular flexibility index (Phi) is 29.6. The van der Waals surface area contributed by atoms with Crippen LogP contribution in [0.25, 0.3) is 0 Å². The molecular formula is C30H52N2O7. The van der Waals surface area contributed by atoms with E-state index in [1.54, 1.807) is 7.11 Å². The molecule has 2 N–H and O–H groups in total. The minimum Gasteiger partial charge on any atom is -0.486 e. The maximum atomic E-state index is 9.84. The van der Waals surface area contributed by atoms with Crippen LogP contribution in [0, 0.1) is 0 Å². The molecule has 9 heteroatoms. The largest absolute Gasteiger partial charge is 0.486 e. The van der Waals surface area contributed by atoms with Gasteiger partial charge >= 0.3 is 0 Å². The Labute approximate surface area is 235 Å². The van der Waals surface area contributed by atoms with E-state index in [2.05, 4.69) is 24.2 Å². The summed E-state index contributed by atoms with van der Waals surface area (Å²) in [7, 11) is 6.79. The Bertz CT molecular complexity index is 728. The van der Waals surface area contributed by atoms with Gasteiger partial charge in [0, 0.05) is 27.2 Å². The fourth-order valence-corrected chi connectivity index (χ4v) is 3.58. The number of nitrogens with one attached hydrogen (secondary N) is 1. The number of methoxy groups -OCH3 is 1. The number of aliphatic hydroxyl groups excluding tert-OH is 1. The number of rotatable bonds is 12. The van der Waals surface area contributed by atoms with Gasteiger partial charge in [-0.25, -0.2) is 0 Å². The molecule has 0 saturated carbocycles. The van der Waals surface area contributed by atoms with Crippen molar-refractivity contribution in [3.05, 3.63) is 35.9 Å². The van der Waals surface area contributed by atoms with Gasteiger partial charge in [-0.05, 0) is 76.3 Å². The van der Waals surface area contributed by atoms with Gasteiger partial charge in [-0.3, -0.25) is 9.59 Å². The number of nitrogens with zero attached hydrogens (tertiary/aromatic N) is 1. The number of carbonyl (C=O) groups excluding carboxylic acids is 3. The average Bonchev–Trinajstić information content (AvgIpc) is 3.47. The summed E-state index contributed by atoms with van der Waals surface area (Å²) in [5.41, 5.74) is 1.10. The van der Waals surface area contributed by atoms with Crippen LogP contribution in [0.1, 0.15) is 70.0 Å². The number of aliphatic hydroxyl groups is 1. The molecule has 2 aliphatic rings. The van der Waals surface area contributed by atoms with Gasteiger partial charge in [0.15, 0.2) is 11.5 Å². The summed E-state index contributed by atoms with van der Waals surface area (Å²) in [5.74, 6) is 1.62. The normalized spacial score (nSPS) is 14.1. The van der Waals surface area contributed by atoms with Gasteiger partial charge in [0.05, 0.1) is 6.10 Å². The van der Waals surface area contributed by atoms with Crippen molar-refractivity contribution in [3.63, 3.8) is 0 Å². The van der Waals surface area contributed by atoms with E-state index >= 15 is 0 Å². The molecule has 2 aliphatic heterocycles. The number of carbonyl (C=O) groups is 3. The van der Waals surface area contributed by atoms with E-state index < -0.39 is 0 Å². The molecule has 3 rings (SSSR count). The number of likely N-dealkylation sites (tertiary alicyclic amines) is 1. The van der Waals surface area contributed by atoms with Crippen LogP contribution in [0.2, 0.25) is 0 Å². The lowest BCUT2D eigenvalue weighted by molar-refractivity contribution is -0.108. The number of allylic oxidation sites excluding steroid dienone is 2. The van der Waals surface area contributed by atoms with Crippen molar-refractivity contribution in [1.29, 1.82) is 0 Å². The Balaban J connectivity index is 0. The Morgan fingerprint density at radius 3 is 2.03 bits per heavy atom.